The Balaban J connectivity index is 1.86. The van der Waals surface area contributed by atoms with E-state index in [9.17, 15) is 9.90 Å². The molecule has 0 spiro atoms. The number of aryl methyl sites for hydroxylation is 1. The third-order valence-corrected chi connectivity index (χ3v) is 3.32. The zero-order chi connectivity index (χ0) is 13.0. The first-order valence-electron chi connectivity index (χ1n) is 6.63. The van der Waals surface area contributed by atoms with Crippen LogP contribution in [0.25, 0.3) is 0 Å². The first-order chi connectivity index (χ1) is 8.69. The van der Waals surface area contributed by atoms with Gasteiger partial charge in [0.15, 0.2) is 5.69 Å². The summed E-state index contributed by atoms with van der Waals surface area (Å²) in [4.78, 5) is 11.9. The Morgan fingerprint density at radius 1 is 1.50 bits per heavy atom. The molecule has 1 aliphatic carbocycles. The number of nitrogens with one attached hydrogen (secondary N) is 1. The smallest absolute Gasteiger partial charge is 0.273 e. The molecule has 0 unspecified atom stereocenters. The van der Waals surface area contributed by atoms with Crippen LogP contribution in [-0.2, 0) is 6.42 Å². The van der Waals surface area contributed by atoms with Gasteiger partial charge in [-0.25, -0.2) is 0 Å². The number of carbonyl (C=O) groups is 1. The van der Waals surface area contributed by atoms with Crippen molar-refractivity contribution in [3.63, 3.8) is 0 Å². The molecule has 1 amide bonds. The number of aliphatic hydroxyl groups is 1. The molecule has 1 aliphatic rings. The maximum atomic E-state index is 11.9. The molecule has 2 rings (SSSR count). The van der Waals surface area contributed by atoms with E-state index in [0.717, 1.165) is 44.3 Å². The highest BCUT2D eigenvalue weighted by molar-refractivity contribution is 5.92. The topological polar surface area (TPSA) is 75.4 Å². The van der Waals surface area contributed by atoms with Crippen LogP contribution < -0.4 is 5.32 Å². The van der Waals surface area contributed by atoms with Crippen LogP contribution in [0.5, 0.6) is 0 Å². The second-order valence-electron chi connectivity index (χ2n) is 4.91. The normalized spacial score (nSPS) is 23.9. The summed E-state index contributed by atoms with van der Waals surface area (Å²) in [5.74, 6) is 0.573. The summed E-state index contributed by atoms with van der Waals surface area (Å²) in [5.41, 5.74) is 0.351. The lowest BCUT2D eigenvalue weighted by molar-refractivity contribution is 0.0859. The molecule has 1 aromatic heterocycles. The van der Waals surface area contributed by atoms with E-state index in [1.165, 1.54) is 0 Å². The predicted molar refractivity (Wildman–Crippen MR) is 66.2 cm³/mol. The molecule has 0 aromatic carbocycles. The summed E-state index contributed by atoms with van der Waals surface area (Å²) >= 11 is 0. The summed E-state index contributed by atoms with van der Waals surface area (Å²) in [5, 5.41) is 16.1. The average Bonchev–Trinajstić information content (AvgIpc) is 2.81. The molecule has 5 heteroatoms. The van der Waals surface area contributed by atoms with Crippen molar-refractivity contribution in [3.8, 4) is 0 Å². The summed E-state index contributed by atoms with van der Waals surface area (Å²) in [6.07, 6.45) is 4.72. The summed E-state index contributed by atoms with van der Waals surface area (Å²) in [6, 6.07) is 1.85. The number of amides is 1. The van der Waals surface area contributed by atoms with Gasteiger partial charge >= 0.3 is 0 Å². The highest BCUT2D eigenvalue weighted by atomic mass is 16.5. The van der Waals surface area contributed by atoms with Crippen molar-refractivity contribution in [2.75, 3.05) is 0 Å². The number of aromatic nitrogens is 1. The first kappa shape index (κ1) is 13.1. The van der Waals surface area contributed by atoms with Crippen LogP contribution in [0.2, 0.25) is 0 Å². The quantitative estimate of drug-likeness (QED) is 0.854. The van der Waals surface area contributed by atoms with Crippen LogP contribution in [-0.4, -0.2) is 28.3 Å². The molecule has 1 fully saturated rings. The number of hydrogen-bond acceptors (Lipinski definition) is 4. The summed E-state index contributed by atoms with van der Waals surface area (Å²) in [6.45, 7) is 2.05. The van der Waals surface area contributed by atoms with Crippen molar-refractivity contribution in [3.05, 3.63) is 17.5 Å². The van der Waals surface area contributed by atoms with E-state index in [1.54, 1.807) is 6.07 Å². The van der Waals surface area contributed by atoms with E-state index in [-0.39, 0.29) is 18.1 Å². The van der Waals surface area contributed by atoms with Crippen molar-refractivity contribution in [2.24, 2.45) is 0 Å². The van der Waals surface area contributed by atoms with Crippen molar-refractivity contribution in [1.82, 2.24) is 10.5 Å². The van der Waals surface area contributed by atoms with Gasteiger partial charge in [0.05, 0.1) is 6.10 Å². The molecule has 1 aromatic rings. The van der Waals surface area contributed by atoms with Gasteiger partial charge in [0.25, 0.3) is 5.91 Å². The predicted octanol–water partition coefficient (Wildman–Crippen LogP) is 1.66. The third-order valence-electron chi connectivity index (χ3n) is 3.32. The van der Waals surface area contributed by atoms with Crippen LogP contribution in [0.15, 0.2) is 10.6 Å². The van der Waals surface area contributed by atoms with Crippen LogP contribution in [0.1, 0.15) is 55.3 Å². The molecule has 5 nitrogen and oxygen atoms in total. The van der Waals surface area contributed by atoms with Gasteiger partial charge in [-0.3, -0.25) is 4.79 Å². The van der Waals surface area contributed by atoms with E-state index in [2.05, 4.69) is 17.4 Å². The fourth-order valence-corrected chi connectivity index (χ4v) is 2.26. The Morgan fingerprint density at radius 2 is 2.22 bits per heavy atom. The Bertz CT molecular complexity index is 395. The van der Waals surface area contributed by atoms with Crippen LogP contribution >= 0.6 is 0 Å². The van der Waals surface area contributed by atoms with E-state index >= 15 is 0 Å². The first-order valence-corrected chi connectivity index (χ1v) is 6.63. The van der Waals surface area contributed by atoms with Gasteiger partial charge in [-0.05, 0) is 32.1 Å². The van der Waals surface area contributed by atoms with Gasteiger partial charge in [0.2, 0.25) is 0 Å². The minimum atomic E-state index is -0.207. The molecule has 100 valence electrons. The van der Waals surface area contributed by atoms with Gasteiger partial charge in [0.1, 0.15) is 5.76 Å². The number of aliphatic hydroxyl groups excluding tert-OH is 1. The molecule has 2 N–H and O–H groups in total. The Kier molecular flexibility index (Phi) is 4.36. The molecule has 1 saturated carbocycles. The van der Waals surface area contributed by atoms with Crippen LogP contribution in [0.3, 0.4) is 0 Å². The maximum absolute atomic E-state index is 11.9. The minimum absolute atomic E-state index is 0.146. The minimum Gasteiger partial charge on any atom is -0.393 e. The Hall–Kier alpha value is -1.36. The second-order valence-corrected chi connectivity index (χ2v) is 4.91. The zero-order valence-corrected chi connectivity index (χ0v) is 10.7. The van der Waals surface area contributed by atoms with Crippen molar-refractivity contribution < 1.29 is 14.4 Å². The van der Waals surface area contributed by atoms with Crippen molar-refractivity contribution >= 4 is 5.91 Å². The summed E-state index contributed by atoms with van der Waals surface area (Å²) in [7, 11) is 0. The van der Waals surface area contributed by atoms with Gasteiger partial charge in [-0.15, -0.1) is 0 Å². The lowest BCUT2D eigenvalue weighted by Crippen LogP contribution is -2.38. The van der Waals surface area contributed by atoms with E-state index in [1.807, 2.05) is 0 Å². The number of carbonyl (C=O) groups excluding carboxylic acids is 1. The molecule has 0 aliphatic heterocycles. The lowest BCUT2D eigenvalue weighted by atomic mass is 9.93. The van der Waals surface area contributed by atoms with Crippen LogP contribution in [0.4, 0.5) is 0 Å². The molecule has 0 bridgehead atoms. The molecule has 0 radical (unpaired) electrons. The number of nitrogens with zero attached hydrogens (tertiary/aromatic N) is 1. The molecule has 0 saturated heterocycles. The monoisotopic (exact) mass is 252 g/mol. The Morgan fingerprint density at radius 3 is 2.89 bits per heavy atom. The standard InChI is InChI=1S/C13H20N2O3/c1-2-3-11-8-12(15-18-11)13(17)14-9-4-6-10(16)7-5-9/h8-10,16H,2-7H2,1H3,(H,14,17). The van der Waals surface area contributed by atoms with Gasteiger partial charge in [-0.1, -0.05) is 12.1 Å². The van der Waals surface area contributed by atoms with Crippen LogP contribution in [0, 0.1) is 0 Å². The maximum Gasteiger partial charge on any atom is 0.273 e. The molecule has 1 heterocycles. The van der Waals surface area contributed by atoms with Gasteiger partial charge < -0.3 is 14.9 Å². The van der Waals surface area contributed by atoms with E-state index in [4.69, 9.17) is 4.52 Å². The second kappa shape index (κ2) is 6.00. The molecular formula is C13H20N2O3. The van der Waals surface area contributed by atoms with Gasteiger partial charge in [-0.2, -0.15) is 0 Å². The molecule has 18 heavy (non-hydrogen) atoms. The van der Waals surface area contributed by atoms with E-state index < -0.39 is 0 Å². The fourth-order valence-electron chi connectivity index (χ4n) is 2.26. The number of rotatable bonds is 4. The molecular weight excluding hydrogens is 232 g/mol. The Labute approximate surface area is 107 Å². The third kappa shape index (κ3) is 3.32. The van der Waals surface area contributed by atoms with E-state index in [0.29, 0.717) is 5.69 Å². The summed E-state index contributed by atoms with van der Waals surface area (Å²) < 4.78 is 5.08. The lowest BCUT2D eigenvalue weighted by Gasteiger charge is -2.25. The van der Waals surface area contributed by atoms with Gasteiger partial charge in [0, 0.05) is 18.5 Å². The SMILES string of the molecule is CCCc1cc(C(=O)NC2CCC(O)CC2)no1. The average molecular weight is 252 g/mol. The van der Waals surface area contributed by atoms with Crippen molar-refractivity contribution in [2.45, 2.75) is 57.6 Å². The molecule has 0 atom stereocenters. The highest BCUT2D eigenvalue weighted by Gasteiger charge is 2.22. The zero-order valence-electron chi connectivity index (χ0n) is 10.7. The van der Waals surface area contributed by atoms with Crippen molar-refractivity contribution in [1.29, 1.82) is 0 Å². The highest BCUT2D eigenvalue weighted by Crippen LogP contribution is 2.18. The number of hydrogen-bond donors (Lipinski definition) is 2. The fraction of sp³-hybridized carbons (Fsp3) is 0.692. The largest absolute Gasteiger partial charge is 0.393 e.